The summed E-state index contributed by atoms with van der Waals surface area (Å²) in [6, 6.07) is 8.81. The first-order valence-electron chi connectivity index (χ1n) is 12.9. The summed E-state index contributed by atoms with van der Waals surface area (Å²) >= 11 is 4.16. The maximum absolute atomic E-state index is 4.36. The molecule has 2 aliphatic carbocycles. The second-order valence-electron chi connectivity index (χ2n) is 10.2. The Morgan fingerprint density at radius 2 is 1.55 bits per heavy atom. The molecule has 0 nitrogen and oxygen atoms in total. The van der Waals surface area contributed by atoms with Gasteiger partial charge < -0.3 is 0 Å². The number of thioether (sulfide) groups is 2. The zero-order valence-corrected chi connectivity index (χ0v) is 23.8. The van der Waals surface area contributed by atoms with Crippen LogP contribution in [0.3, 0.4) is 0 Å². The van der Waals surface area contributed by atoms with E-state index in [0.717, 1.165) is 18.1 Å². The van der Waals surface area contributed by atoms with Gasteiger partial charge in [0.05, 0.1) is 0 Å². The molecule has 33 heavy (non-hydrogen) atoms. The number of aryl methyl sites for hydroxylation is 1. The molecule has 0 bridgehead atoms. The molecule has 0 heterocycles. The highest BCUT2D eigenvalue weighted by Gasteiger charge is 2.26. The summed E-state index contributed by atoms with van der Waals surface area (Å²) in [4.78, 5) is 2.79. The average Bonchev–Trinajstić information content (AvgIpc) is 2.87. The van der Waals surface area contributed by atoms with Crippen molar-refractivity contribution < 1.29 is 0 Å². The zero-order valence-electron chi connectivity index (χ0n) is 22.2. The number of benzene rings is 1. The molecule has 0 aromatic heterocycles. The third-order valence-electron chi connectivity index (χ3n) is 6.50. The number of rotatable bonds is 5. The Morgan fingerprint density at radius 1 is 0.939 bits per heavy atom. The van der Waals surface area contributed by atoms with Gasteiger partial charge in [-0.1, -0.05) is 100 Å². The van der Waals surface area contributed by atoms with Crippen LogP contribution in [0.5, 0.6) is 0 Å². The van der Waals surface area contributed by atoms with Gasteiger partial charge in [0.15, 0.2) is 0 Å². The molecule has 1 aromatic rings. The zero-order chi connectivity index (χ0) is 24.4. The summed E-state index contributed by atoms with van der Waals surface area (Å²) in [7, 11) is 0. The van der Waals surface area contributed by atoms with Crippen LogP contribution in [0, 0.1) is 12.3 Å². The second kappa shape index (κ2) is 13.7. The van der Waals surface area contributed by atoms with E-state index in [-0.39, 0.29) is 5.41 Å². The molecular weight excluding hydrogens is 436 g/mol. The van der Waals surface area contributed by atoms with E-state index in [4.69, 9.17) is 0 Å². The molecule has 1 saturated carbocycles. The van der Waals surface area contributed by atoms with Crippen molar-refractivity contribution in [2.45, 2.75) is 104 Å². The molecule has 2 aliphatic rings. The van der Waals surface area contributed by atoms with E-state index in [0.29, 0.717) is 5.25 Å². The van der Waals surface area contributed by atoms with E-state index in [9.17, 15) is 0 Å². The van der Waals surface area contributed by atoms with Crippen molar-refractivity contribution in [3.05, 3.63) is 76.3 Å². The van der Waals surface area contributed by atoms with Gasteiger partial charge in [0, 0.05) is 21.8 Å². The first kappa shape index (κ1) is 28.1. The molecule has 0 amide bonds. The lowest BCUT2D eigenvalue weighted by atomic mass is 9.80. The van der Waals surface area contributed by atoms with Crippen LogP contribution >= 0.6 is 23.5 Å². The Hall–Kier alpha value is -1.12. The lowest BCUT2D eigenvalue weighted by Gasteiger charge is -2.31. The van der Waals surface area contributed by atoms with Gasteiger partial charge in [0.2, 0.25) is 0 Å². The molecule has 182 valence electrons. The standard InChI is InChI=1S/C29H40S2.C2H6/c1-21-12-14-24(15-13-21)23(3)30-25-16-18-26(19-17-25)31-27-11-9-7-8-10-22(2)28(20-27)29(4,5)6;1-2/h7,9,11-15,25-26H,3,8,10,16-20H2,1-2,4-6H3;1-2H3/b9-7-,27-11+,28-22+;. The van der Waals surface area contributed by atoms with Crippen molar-refractivity contribution in [2.75, 3.05) is 0 Å². The summed E-state index contributed by atoms with van der Waals surface area (Å²) in [5, 5.41) is 1.47. The fraction of sp³-hybridized carbons (Fsp3) is 0.548. The summed E-state index contributed by atoms with van der Waals surface area (Å²) in [5.74, 6) is 0. The predicted molar refractivity (Wildman–Crippen MR) is 156 cm³/mol. The smallest absolute Gasteiger partial charge is 0.00952 e. The SMILES string of the molecule is C=C(SC1CCC(S/C2=C/C=C\CC/C(C)=C(/C(C)(C)C)C2)CC1)c1ccc(C)cc1.CC. The van der Waals surface area contributed by atoms with Gasteiger partial charge in [-0.3, -0.25) is 0 Å². The molecule has 0 atom stereocenters. The van der Waals surface area contributed by atoms with Crippen LogP contribution in [0.4, 0.5) is 0 Å². The maximum Gasteiger partial charge on any atom is 0.00952 e. The van der Waals surface area contributed by atoms with Gasteiger partial charge in [0.1, 0.15) is 0 Å². The van der Waals surface area contributed by atoms with E-state index in [1.54, 1.807) is 16.1 Å². The van der Waals surface area contributed by atoms with Gasteiger partial charge in [0.25, 0.3) is 0 Å². The monoisotopic (exact) mass is 482 g/mol. The Morgan fingerprint density at radius 3 is 2.15 bits per heavy atom. The Labute approximate surface area is 213 Å². The second-order valence-corrected chi connectivity index (χ2v) is 13.0. The predicted octanol–water partition coefficient (Wildman–Crippen LogP) is 10.8. The van der Waals surface area contributed by atoms with Crippen LogP contribution in [0.15, 0.2) is 65.1 Å². The third kappa shape index (κ3) is 9.21. The minimum absolute atomic E-state index is 0.249. The van der Waals surface area contributed by atoms with Crippen molar-refractivity contribution in [3.8, 4) is 0 Å². The molecule has 1 aromatic carbocycles. The molecule has 0 radical (unpaired) electrons. The maximum atomic E-state index is 4.36. The largest absolute Gasteiger partial charge is 0.127 e. The van der Waals surface area contributed by atoms with Gasteiger partial charge in [-0.15, -0.1) is 23.5 Å². The molecule has 3 rings (SSSR count). The van der Waals surface area contributed by atoms with Crippen LogP contribution in [0.25, 0.3) is 4.91 Å². The van der Waals surface area contributed by atoms with Crippen LogP contribution in [0.1, 0.15) is 97.6 Å². The van der Waals surface area contributed by atoms with E-state index in [1.807, 2.05) is 25.6 Å². The van der Waals surface area contributed by atoms with Crippen molar-refractivity contribution in [3.63, 3.8) is 0 Å². The molecule has 0 N–H and O–H groups in total. The van der Waals surface area contributed by atoms with Gasteiger partial charge in [-0.05, 0) is 68.3 Å². The highest BCUT2D eigenvalue weighted by atomic mass is 32.2. The van der Waals surface area contributed by atoms with Gasteiger partial charge >= 0.3 is 0 Å². The average molecular weight is 483 g/mol. The Kier molecular flexibility index (Phi) is 11.7. The number of hydrogen-bond donors (Lipinski definition) is 0. The third-order valence-corrected chi connectivity index (χ3v) is 9.21. The minimum Gasteiger partial charge on any atom is -0.127 e. The molecule has 0 unspecified atom stereocenters. The number of allylic oxidation sites excluding steroid dienone is 6. The van der Waals surface area contributed by atoms with E-state index >= 15 is 0 Å². The van der Waals surface area contributed by atoms with Crippen LogP contribution in [-0.2, 0) is 0 Å². The first-order chi connectivity index (χ1) is 15.7. The molecule has 1 fully saturated rings. The van der Waals surface area contributed by atoms with E-state index in [1.165, 1.54) is 48.1 Å². The Balaban J connectivity index is 0.00000187. The molecule has 0 spiro atoms. The summed E-state index contributed by atoms with van der Waals surface area (Å²) in [6.45, 7) is 20.0. The van der Waals surface area contributed by atoms with Crippen molar-refractivity contribution in [1.82, 2.24) is 0 Å². The summed E-state index contributed by atoms with van der Waals surface area (Å²) < 4.78 is 0. The fourth-order valence-corrected chi connectivity index (χ4v) is 7.09. The molecule has 0 aliphatic heterocycles. The minimum atomic E-state index is 0.249. The van der Waals surface area contributed by atoms with Crippen molar-refractivity contribution >= 4 is 28.4 Å². The quantitative estimate of drug-likeness (QED) is 0.383. The van der Waals surface area contributed by atoms with E-state index in [2.05, 4.69) is 95.5 Å². The van der Waals surface area contributed by atoms with E-state index < -0.39 is 0 Å². The summed E-state index contributed by atoms with van der Waals surface area (Å²) in [5.41, 5.74) is 6.09. The lowest BCUT2D eigenvalue weighted by Crippen LogP contribution is -2.18. The Bertz CT molecular complexity index is 838. The fourth-order valence-electron chi connectivity index (χ4n) is 4.58. The first-order valence-corrected chi connectivity index (χ1v) is 14.6. The van der Waals surface area contributed by atoms with Crippen LogP contribution in [-0.4, -0.2) is 10.5 Å². The molecule has 2 heteroatoms. The van der Waals surface area contributed by atoms with Crippen molar-refractivity contribution in [1.29, 1.82) is 0 Å². The molecule has 0 saturated heterocycles. The van der Waals surface area contributed by atoms with Crippen LogP contribution in [0.2, 0.25) is 0 Å². The summed E-state index contributed by atoms with van der Waals surface area (Å²) in [6.07, 6.45) is 15.8. The van der Waals surface area contributed by atoms with Crippen molar-refractivity contribution in [2.24, 2.45) is 5.41 Å². The lowest BCUT2D eigenvalue weighted by molar-refractivity contribution is 0.484. The number of hydrogen-bond acceptors (Lipinski definition) is 2. The highest BCUT2D eigenvalue weighted by molar-refractivity contribution is 8.08. The normalized spacial score (nSPS) is 26.6. The highest BCUT2D eigenvalue weighted by Crippen LogP contribution is 2.44. The van der Waals surface area contributed by atoms with Gasteiger partial charge in [-0.2, -0.15) is 0 Å². The van der Waals surface area contributed by atoms with Gasteiger partial charge in [-0.25, -0.2) is 0 Å². The molecular formula is C31H46S2. The topological polar surface area (TPSA) is 0 Å². The van der Waals surface area contributed by atoms with Crippen LogP contribution < -0.4 is 0 Å².